The Morgan fingerprint density at radius 2 is 2.09 bits per heavy atom. The van der Waals surface area contributed by atoms with Gasteiger partial charge in [0.2, 0.25) is 0 Å². The molecule has 1 aromatic rings. The number of nitro benzene ring substituents is 1. The number of carboxylic acid groups (broad SMARTS) is 1. The summed E-state index contributed by atoms with van der Waals surface area (Å²) in [6.07, 6.45) is 3.23. The molecule has 0 radical (unpaired) electrons. The highest BCUT2D eigenvalue weighted by Crippen LogP contribution is 2.33. The van der Waals surface area contributed by atoms with E-state index in [1.54, 1.807) is 6.26 Å². The fraction of sp³-hybridized carbons (Fsp3) is 0.429. The van der Waals surface area contributed by atoms with Gasteiger partial charge in [-0.15, -0.1) is 11.8 Å². The number of benzene rings is 1. The summed E-state index contributed by atoms with van der Waals surface area (Å²) in [4.78, 5) is 36.1. The zero-order valence-electron chi connectivity index (χ0n) is 12.2. The van der Waals surface area contributed by atoms with Crippen LogP contribution in [-0.4, -0.2) is 45.1 Å². The zero-order chi connectivity index (χ0) is 16.4. The Kier molecular flexibility index (Phi) is 4.70. The summed E-state index contributed by atoms with van der Waals surface area (Å²) in [6.45, 7) is 1.45. The molecule has 0 aromatic heterocycles. The second-order valence-corrected chi connectivity index (χ2v) is 5.95. The van der Waals surface area contributed by atoms with E-state index in [9.17, 15) is 19.7 Å². The molecule has 1 atom stereocenters. The van der Waals surface area contributed by atoms with Crippen LogP contribution in [0.2, 0.25) is 0 Å². The topological polar surface area (TPSA) is 101 Å². The van der Waals surface area contributed by atoms with Gasteiger partial charge in [0, 0.05) is 17.7 Å². The van der Waals surface area contributed by atoms with Crippen LogP contribution in [0.25, 0.3) is 0 Å². The Hall–Kier alpha value is -2.09. The highest BCUT2D eigenvalue weighted by atomic mass is 32.2. The molecule has 1 amide bonds. The summed E-state index contributed by atoms with van der Waals surface area (Å²) in [6, 6.07) is 3.19. The summed E-state index contributed by atoms with van der Waals surface area (Å²) in [5.74, 6) is -1.57. The fourth-order valence-electron chi connectivity index (χ4n) is 2.24. The predicted octanol–water partition coefficient (Wildman–Crippen LogP) is 2.39. The van der Waals surface area contributed by atoms with Gasteiger partial charge in [0.25, 0.3) is 11.6 Å². The van der Waals surface area contributed by atoms with E-state index in [0.29, 0.717) is 4.90 Å². The maximum atomic E-state index is 12.6. The van der Waals surface area contributed by atoms with E-state index >= 15 is 0 Å². The van der Waals surface area contributed by atoms with Gasteiger partial charge < -0.3 is 10.0 Å². The Bertz CT molecular complexity index is 630. The van der Waals surface area contributed by atoms with Crippen LogP contribution in [0.4, 0.5) is 5.69 Å². The molecule has 1 fully saturated rings. The molecule has 0 spiro atoms. The van der Waals surface area contributed by atoms with E-state index in [4.69, 9.17) is 5.11 Å². The lowest BCUT2D eigenvalue weighted by Gasteiger charge is -2.26. The van der Waals surface area contributed by atoms with Crippen molar-refractivity contribution < 1.29 is 19.6 Å². The van der Waals surface area contributed by atoms with E-state index in [2.05, 4.69) is 0 Å². The molecule has 0 bridgehead atoms. The number of amides is 1. The average molecular weight is 324 g/mol. The Balaban J connectivity index is 2.37. The van der Waals surface area contributed by atoms with Gasteiger partial charge in [0.15, 0.2) is 0 Å². The maximum Gasteiger partial charge on any atom is 0.326 e. The number of carbonyl (C=O) groups excluding carboxylic acids is 1. The van der Waals surface area contributed by atoms with Crippen LogP contribution in [0.1, 0.15) is 30.1 Å². The van der Waals surface area contributed by atoms with Crippen LogP contribution in [0.15, 0.2) is 23.1 Å². The highest BCUT2D eigenvalue weighted by Gasteiger charge is 2.39. The number of carbonyl (C=O) groups is 2. The first-order chi connectivity index (χ1) is 10.4. The number of nitrogens with zero attached hydrogens (tertiary/aromatic N) is 2. The van der Waals surface area contributed by atoms with Gasteiger partial charge in [-0.3, -0.25) is 14.9 Å². The molecule has 22 heavy (non-hydrogen) atoms. The second-order valence-electron chi connectivity index (χ2n) is 5.10. The number of nitro groups is 1. The van der Waals surface area contributed by atoms with Crippen LogP contribution >= 0.6 is 11.8 Å². The predicted molar refractivity (Wildman–Crippen MR) is 81.2 cm³/mol. The number of aliphatic carboxylic acids is 1. The summed E-state index contributed by atoms with van der Waals surface area (Å²) in [5.41, 5.74) is 0.00146. The molecule has 1 saturated carbocycles. The Morgan fingerprint density at radius 1 is 1.45 bits per heavy atom. The lowest BCUT2D eigenvalue weighted by molar-refractivity contribution is -0.387. The summed E-state index contributed by atoms with van der Waals surface area (Å²) in [7, 11) is 0. The van der Waals surface area contributed by atoms with Crippen LogP contribution < -0.4 is 0 Å². The average Bonchev–Trinajstić information content (AvgIpc) is 3.31. The van der Waals surface area contributed by atoms with Crippen LogP contribution in [0.3, 0.4) is 0 Å². The maximum absolute atomic E-state index is 12.6. The number of carboxylic acids is 1. The largest absolute Gasteiger partial charge is 0.480 e. The molecule has 0 saturated heterocycles. The Labute approximate surface area is 131 Å². The molecule has 1 aromatic carbocycles. The van der Waals surface area contributed by atoms with Crippen molar-refractivity contribution in [2.24, 2.45) is 0 Å². The van der Waals surface area contributed by atoms with Gasteiger partial charge in [-0.1, -0.05) is 0 Å². The smallest absolute Gasteiger partial charge is 0.326 e. The van der Waals surface area contributed by atoms with Crippen molar-refractivity contribution in [3.05, 3.63) is 33.9 Å². The fourth-order valence-corrected chi connectivity index (χ4v) is 2.79. The molecule has 0 heterocycles. The van der Waals surface area contributed by atoms with Crippen molar-refractivity contribution in [1.82, 2.24) is 4.90 Å². The Morgan fingerprint density at radius 3 is 2.55 bits per heavy atom. The SMILES string of the molecule is CSc1ccc(C(=O)N(C2CC2)C(C)C(=O)O)cc1[N+](=O)[O-]. The van der Waals surface area contributed by atoms with E-state index in [0.717, 1.165) is 12.8 Å². The highest BCUT2D eigenvalue weighted by molar-refractivity contribution is 7.98. The molecule has 1 N–H and O–H groups in total. The van der Waals surface area contributed by atoms with E-state index in [-0.39, 0.29) is 17.3 Å². The minimum Gasteiger partial charge on any atom is -0.480 e. The molecule has 1 unspecified atom stereocenters. The van der Waals surface area contributed by atoms with E-state index in [1.807, 2.05) is 0 Å². The van der Waals surface area contributed by atoms with Crippen LogP contribution in [0.5, 0.6) is 0 Å². The molecular weight excluding hydrogens is 308 g/mol. The number of hydrogen-bond acceptors (Lipinski definition) is 5. The van der Waals surface area contributed by atoms with Gasteiger partial charge in [0.05, 0.1) is 9.82 Å². The summed E-state index contributed by atoms with van der Waals surface area (Å²) >= 11 is 1.22. The van der Waals surface area contributed by atoms with Crippen molar-refractivity contribution in [2.45, 2.75) is 36.7 Å². The summed E-state index contributed by atoms with van der Waals surface area (Å²) in [5, 5.41) is 20.2. The lowest BCUT2D eigenvalue weighted by atomic mass is 10.1. The minimum absolute atomic E-state index is 0.0992. The van der Waals surface area contributed by atoms with E-state index in [1.165, 1.54) is 41.8 Å². The summed E-state index contributed by atoms with van der Waals surface area (Å²) < 4.78 is 0. The van der Waals surface area contributed by atoms with Crippen molar-refractivity contribution >= 4 is 29.3 Å². The van der Waals surface area contributed by atoms with Gasteiger partial charge in [-0.2, -0.15) is 0 Å². The molecule has 7 nitrogen and oxygen atoms in total. The van der Waals surface area contributed by atoms with Gasteiger partial charge in [-0.05, 0) is 38.2 Å². The van der Waals surface area contributed by atoms with Gasteiger partial charge in [0.1, 0.15) is 6.04 Å². The monoisotopic (exact) mass is 324 g/mol. The van der Waals surface area contributed by atoms with Crippen molar-refractivity contribution in [2.75, 3.05) is 6.26 Å². The normalized spacial score (nSPS) is 15.2. The molecule has 2 rings (SSSR count). The number of thioether (sulfide) groups is 1. The first kappa shape index (κ1) is 16.3. The van der Waals surface area contributed by atoms with Crippen molar-refractivity contribution in [3.8, 4) is 0 Å². The van der Waals surface area contributed by atoms with Crippen molar-refractivity contribution in [3.63, 3.8) is 0 Å². The van der Waals surface area contributed by atoms with E-state index < -0.39 is 22.8 Å². The van der Waals surface area contributed by atoms with Crippen LogP contribution in [0, 0.1) is 10.1 Å². The lowest BCUT2D eigenvalue weighted by Crippen LogP contribution is -2.44. The first-order valence-corrected chi connectivity index (χ1v) is 7.97. The third-order valence-electron chi connectivity index (χ3n) is 3.57. The third kappa shape index (κ3) is 3.22. The molecule has 8 heteroatoms. The molecule has 1 aliphatic carbocycles. The molecular formula is C14H16N2O5S. The van der Waals surface area contributed by atoms with Crippen LogP contribution in [-0.2, 0) is 4.79 Å². The molecule has 1 aliphatic rings. The second kappa shape index (κ2) is 6.35. The van der Waals surface area contributed by atoms with Gasteiger partial charge >= 0.3 is 5.97 Å². The minimum atomic E-state index is -1.09. The number of rotatable bonds is 6. The molecule has 118 valence electrons. The molecule has 0 aliphatic heterocycles. The quantitative estimate of drug-likeness (QED) is 0.490. The third-order valence-corrected chi connectivity index (χ3v) is 4.36. The first-order valence-electron chi connectivity index (χ1n) is 6.74. The number of hydrogen-bond donors (Lipinski definition) is 1. The van der Waals surface area contributed by atoms with Gasteiger partial charge in [-0.25, -0.2) is 4.79 Å². The standard InChI is InChI=1S/C14H16N2O5S/c1-8(14(18)19)15(10-4-5-10)13(17)9-3-6-12(22-2)11(7-9)16(20)21/h3,6-8,10H,4-5H2,1-2H3,(H,18,19). The van der Waals surface area contributed by atoms with Crippen molar-refractivity contribution in [1.29, 1.82) is 0 Å². The zero-order valence-corrected chi connectivity index (χ0v) is 13.0.